The molecular weight excluding hydrogens is 252 g/mol. The number of alkyl halides is 1. The topological polar surface area (TPSA) is 64.3 Å². The summed E-state index contributed by atoms with van der Waals surface area (Å²) >= 11 is 5.78. The van der Waals surface area contributed by atoms with E-state index < -0.39 is 5.97 Å². The van der Waals surface area contributed by atoms with Crippen LogP contribution in [-0.4, -0.2) is 36.0 Å². The molecule has 0 aliphatic carbocycles. The molecule has 0 spiro atoms. The minimum atomic E-state index is -0.975. The number of halogens is 1. The Balaban J connectivity index is 5.25. The van der Waals surface area contributed by atoms with Gasteiger partial charge in [0.1, 0.15) is 0 Å². The molecule has 0 aliphatic rings. The summed E-state index contributed by atoms with van der Waals surface area (Å²) in [6.45, 7) is 3.58. The molecule has 4 nitrogen and oxygen atoms in total. The van der Waals surface area contributed by atoms with Crippen LogP contribution in [0, 0.1) is 17.2 Å². The fourth-order valence-electron chi connectivity index (χ4n) is 1.57. The highest BCUT2D eigenvalue weighted by Gasteiger charge is 2.16. The number of rotatable bonds is 6. The molecule has 100 valence electrons. The first kappa shape index (κ1) is 16.5. The van der Waals surface area contributed by atoms with Gasteiger partial charge in [0.2, 0.25) is 0 Å². The molecule has 0 aliphatic heterocycles. The zero-order valence-electron chi connectivity index (χ0n) is 11.2. The number of carboxylic acid groups (broad SMARTS) is 1. The molecule has 0 radical (unpaired) electrons. The second kappa shape index (κ2) is 7.78. The standard InChI is InChI=1S/C13H19ClN2O2/c1-9(5-10(2)8-15)6-11(13(17)18)12(7-14)16(3)4/h5,10H,6-7H2,1-4H3,(H,17,18)/b9-5-,12-11+. The smallest absolute Gasteiger partial charge is 0.333 e. The fraction of sp³-hybridized carbons (Fsp3) is 0.538. The Hall–Kier alpha value is -1.47. The van der Waals surface area contributed by atoms with Crippen molar-refractivity contribution in [2.75, 3.05) is 20.0 Å². The molecule has 0 amide bonds. The third-order valence-corrected chi connectivity index (χ3v) is 2.72. The minimum absolute atomic E-state index is 0.149. The zero-order chi connectivity index (χ0) is 14.3. The molecule has 0 heterocycles. The number of hydrogen-bond donors (Lipinski definition) is 1. The molecule has 0 aromatic rings. The maximum absolute atomic E-state index is 11.3. The number of allylic oxidation sites excluding steroid dienone is 3. The normalized spacial score (nSPS) is 14.6. The first-order valence-electron chi connectivity index (χ1n) is 5.59. The van der Waals surface area contributed by atoms with Crippen LogP contribution in [0.15, 0.2) is 22.9 Å². The molecule has 0 saturated carbocycles. The van der Waals surface area contributed by atoms with Crippen LogP contribution in [0.5, 0.6) is 0 Å². The average Bonchev–Trinajstić information content (AvgIpc) is 2.27. The molecular formula is C13H19ClN2O2. The molecule has 0 aromatic heterocycles. The van der Waals surface area contributed by atoms with Gasteiger partial charge in [0, 0.05) is 26.2 Å². The van der Waals surface area contributed by atoms with Gasteiger partial charge in [0.15, 0.2) is 0 Å². The zero-order valence-corrected chi connectivity index (χ0v) is 12.0. The SMILES string of the molecule is C/C(=C/C(C)C#N)C/C(C(=O)O)=C(/CCl)N(C)C. The van der Waals surface area contributed by atoms with E-state index >= 15 is 0 Å². The van der Waals surface area contributed by atoms with Crippen molar-refractivity contribution in [2.24, 2.45) is 5.92 Å². The summed E-state index contributed by atoms with van der Waals surface area (Å²) < 4.78 is 0. The van der Waals surface area contributed by atoms with Crippen molar-refractivity contribution in [3.63, 3.8) is 0 Å². The number of hydrogen-bond acceptors (Lipinski definition) is 3. The van der Waals surface area contributed by atoms with E-state index in [9.17, 15) is 9.90 Å². The molecule has 1 N–H and O–H groups in total. The van der Waals surface area contributed by atoms with Crippen LogP contribution in [-0.2, 0) is 4.79 Å². The lowest BCUT2D eigenvalue weighted by atomic mass is 10.0. The quantitative estimate of drug-likeness (QED) is 0.458. The predicted molar refractivity (Wildman–Crippen MR) is 72.2 cm³/mol. The van der Waals surface area contributed by atoms with Crippen LogP contribution in [0.2, 0.25) is 0 Å². The van der Waals surface area contributed by atoms with Gasteiger partial charge in [-0.15, -0.1) is 11.6 Å². The Morgan fingerprint density at radius 1 is 1.56 bits per heavy atom. The van der Waals surface area contributed by atoms with Crippen LogP contribution >= 0.6 is 11.6 Å². The van der Waals surface area contributed by atoms with E-state index in [1.54, 1.807) is 32.0 Å². The maximum atomic E-state index is 11.3. The molecule has 0 aromatic carbocycles. The second-order valence-corrected chi connectivity index (χ2v) is 4.63. The lowest BCUT2D eigenvalue weighted by Crippen LogP contribution is -2.19. The molecule has 0 rings (SSSR count). The van der Waals surface area contributed by atoms with Crippen molar-refractivity contribution >= 4 is 17.6 Å². The molecule has 5 heteroatoms. The number of aliphatic carboxylic acids is 1. The van der Waals surface area contributed by atoms with Gasteiger partial charge in [-0.05, 0) is 13.8 Å². The third-order valence-electron chi connectivity index (χ3n) is 2.47. The molecule has 0 saturated heterocycles. The van der Waals surface area contributed by atoms with E-state index in [4.69, 9.17) is 16.9 Å². The monoisotopic (exact) mass is 270 g/mol. The van der Waals surface area contributed by atoms with Crippen molar-refractivity contribution < 1.29 is 9.90 Å². The van der Waals surface area contributed by atoms with E-state index in [1.807, 2.05) is 6.92 Å². The molecule has 0 fully saturated rings. The van der Waals surface area contributed by atoms with Crippen molar-refractivity contribution in [3.8, 4) is 6.07 Å². The van der Waals surface area contributed by atoms with E-state index in [0.717, 1.165) is 5.57 Å². The summed E-state index contributed by atoms with van der Waals surface area (Å²) in [5, 5.41) is 17.9. The first-order chi connectivity index (χ1) is 8.33. The van der Waals surface area contributed by atoms with E-state index in [2.05, 4.69) is 6.07 Å². The summed E-state index contributed by atoms with van der Waals surface area (Å²) in [6.07, 6.45) is 2.06. The highest BCUT2D eigenvalue weighted by Crippen LogP contribution is 2.19. The van der Waals surface area contributed by atoms with Gasteiger partial charge in [-0.1, -0.05) is 11.6 Å². The summed E-state index contributed by atoms with van der Waals surface area (Å²) in [6, 6.07) is 2.09. The van der Waals surface area contributed by atoms with E-state index in [-0.39, 0.29) is 17.4 Å². The van der Waals surface area contributed by atoms with Crippen molar-refractivity contribution in [1.29, 1.82) is 5.26 Å². The van der Waals surface area contributed by atoms with Gasteiger partial charge in [-0.2, -0.15) is 5.26 Å². The van der Waals surface area contributed by atoms with Gasteiger partial charge in [0.25, 0.3) is 0 Å². The van der Waals surface area contributed by atoms with Crippen LogP contribution in [0.3, 0.4) is 0 Å². The predicted octanol–water partition coefficient (Wildman–Crippen LogP) is 2.62. The van der Waals surface area contributed by atoms with Gasteiger partial charge in [0.05, 0.1) is 23.4 Å². The fourth-order valence-corrected chi connectivity index (χ4v) is 1.97. The number of carbonyl (C=O) groups is 1. The summed E-state index contributed by atoms with van der Waals surface area (Å²) in [5.41, 5.74) is 1.71. The number of nitriles is 1. The Morgan fingerprint density at radius 2 is 2.11 bits per heavy atom. The third kappa shape index (κ3) is 5.24. The second-order valence-electron chi connectivity index (χ2n) is 4.37. The molecule has 1 atom stereocenters. The summed E-state index contributed by atoms with van der Waals surface area (Å²) in [7, 11) is 3.52. The summed E-state index contributed by atoms with van der Waals surface area (Å²) in [5.74, 6) is -1.05. The van der Waals surface area contributed by atoms with E-state index in [1.165, 1.54) is 0 Å². The van der Waals surface area contributed by atoms with Crippen LogP contribution in [0.1, 0.15) is 20.3 Å². The summed E-state index contributed by atoms with van der Waals surface area (Å²) in [4.78, 5) is 13.0. The molecule has 0 bridgehead atoms. The van der Waals surface area contributed by atoms with Gasteiger partial charge in [-0.3, -0.25) is 0 Å². The van der Waals surface area contributed by atoms with Crippen molar-refractivity contribution in [3.05, 3.63) is 22.9 Å². The molecule has 18 heavy (non-hydrogen) atoms. The van der Waals surface area contributed by atoms with Crippen LogP contribution in [0.25, 0.3) is 0 Å². The van der Waals surface area contributed by atoms with Crippen molar-refractivity contribution in [1.82, 2.24) is 4.90 Å². The highest BCUT2D eigenvalue weighted by molar-refractivity contribution is 6.19. The first-order valence-corrected chi connectivity index (χ1v) is 6.12. The Labute approximate surface area is 113 Å². The lowest BCUT2D eigenvalue weighted by molar-refractivity contribution is -0.132. The Kier molecular flexibility index (Phi) is 7.14. The van der Waals surface area contributed by atoms with Gasteiger partial charge < -0.3 is 10.0 Å². The van der Waals surface area contributed by atoms with Crippen LogP contribution < -0.4 is 0 Å². The largest absolute Gasteiger partial charge is 0.478 e. The maximum Gasteiger partial charge on any atom is 0.333 e. The van der Waals surface area contributed by atoms with Crippen molar-refractivity contribution in [2.45, 2.75) is 20.3 Å². The highest BCUT2D eigenvalue weighted by atomic mass is 35.5. The number of nitrogens with zero attached hydrogens (tertiary/aromatic N) is 2. The van der Waals surface area contributed by atoms with Gasteiger partial charge >= 0.3 is 5.97 Å². The minimum Gasteiger partial charge on any atom is -0.478 e. The number of carboxylic acids is 1. The average molecular weight is 271 g/mol. The Morgan fingerprint density at radius 3 is 2.44 bits per heavy atom. The Bertz CT molecular complexity index is 406. The van der Waals surface area contributed by atoms with Crippen LogP contribution in [0.4, 0.5) is 0 Å². The van der Waals surface area contributed by atoms with Gasteiger partial charge in [-0.25, -0.2) is 4.79 Å². The van der Waals surface area contributed by atoms with E-state index in [0.29, 0.717) is 12.1 Å². The lowest BCUT2D eigenvalue weighted by Gasteiger charge is -2.18. The molecule has 1 unspecified atom stereocenters.